The van der Waals surface area contributed by atoms with Crippen LogP contribution in [0.3, 0.4) is 0 Å². The first-order valence-electron chi connectivity index (χ1n) is 8.31. The van der Waals surface area contributed by atoms with Crippen LogP contribution in [0.4, 0.5) is 5.82 Å². The molecule has 0 unspecified atom stereocenters. The van der Waals surface area contributed by atoms with Gasteiger partial charge in [-0.2, -0.15) is 0 Å². The minimum Gasteiger partial charge on any atom is -0.354 e. The number of amides is 1. The lowest BCUT2D eigenvalue weighted by Gasteiger charge is -2.43. The maximum atomic E-state index is 11.4. The summed E-state index contributed by atoms with van der Waals surface area (Å²) in [5.41, 5.74) is 1.26. The van der Waals surface area contributed by atoms with Gasteiger partial charge in [0.25, 0.3) is 0 Å². The van der Waals surface area contributed by atoms with Crippen molar-refractivity contribution in [3.63, 3.8) is 0 Å². The molecule has 0 atom stereocenters. The Balaban J connectivity index is 1.52. The summed E-state index contributed by atoms with van der Waals surface area (Å²) in [5, 5.41) is 0. The van der Waals surface area contributed by atoms with Gasteiger partial charge in [-0.25, -0.2) is 4.98 Å². The van der Waals surface area contributed by atoms with Crippen LogP contribution in [0.1, 0.15) is 25.3 Å². The van der Waals surface area contributed by atoms with E-state index in [4.69, 9.17) is 0 Å². The summed E-state index contributed by atoms with van der Waals surface area (Å²) in [6, 6.07) is 4.77. The Morgan fingerprint density at radius 3 is 2.41 bits per heavy atom. The second-order valence-electron chi connectivity index (χ2n) is 6.40. The third-order valence-corrected chi connectivity index (χ3v) is 5.02. The Hall–Kier alpha value is -1.62. The molecule has 0 aromatic carbocycles. The van der Waals surface area contributed by atoms with E-state index < -0.39 is 0 Å². The van der Waals surface area contributed by atoms with Crippen LogP contribution in [0.25, 0.3) is 0 Å². The van der Waals surface area contributed by atoms with Crippen LogP contribution < -0.4 is 4.90 Å². The predicted molar refractivity (Wildman–Crippen MR) is 88.0 cm³/mol. The average Bonchev–Trinajstić information content (AvgIpc) is 2.56. The number of aromatic nitrogens is 1. The highest BCUT2D eigenvalue weighted by atomic mass is 16.2. The number of rotatable bonds is 2. The van der Waals surface area contributed by atoms with E-state index in [1.807, 2.05) is 17.2 Å². The summed E-state index contributed by atoms with van der Waals surface area (Å²) in [6.07, 6.45) is 4.11. The van der Waals surface area contributed by atoms with Crippen molar-refractivity contribution in [1.82, 2.24) is 14.8 Å². The Morgan fingerprint density at radius 1 is 1.14 bits per heavy atom. The number of anilines is 1. The van der Waals surface area contributed by atoms with E-state index in [1.165, 1.54) is 5.56 Å². The van der Waals surface area contributed by atoms with Gasteiger partial charge in [-0.15, -0.1) is 0 Å². The molecule has 3 heterocycles. The molecular weight excluding hydrogens is 276 g/mol. The number of hydrogen-bond acceptors (Lipinski definition) is 4. The van der Waals surface area contributed by atoms with Crippen molar-refractivity contribution < 1.29 is 4.79 Å². The second-order valence-corrected chi connectivity index (χ2v) is 6.40. The van der Waals surface area contributed by atoms with Crippen LogP contribution >= 0.6 is 0 Å². The normalized spacial score (nSPS) is 21.2. The lowest BCUT2D eigenvalue weighted by atomic mass is 10.0. The number of piperazine rings is 1. The summed E-state index contributed by atoms with van der Waals surface area (Å²) in [7, 11) is 0. The summed E-state index contributed by atoms with van der Waals surface area (Å²) < 4.78 is 0. The van der Waals surface area contributed by atoms with E-state index in [2.05, 4.69) is 27.8 Å². The van der Waals surface area contributed by atoms with Gasteiger partial charge in [-0.3, -0.25) is 9.69 Å². The van der Waals surface area contributed by atoms with E-state index in [-0.39, 0.29) is 5.91 Å². The number of aryl methyl sites for hydroxylation is 1. The van der Waals surface area contributed by atoms with Gasteiger partial charge in [0.2, 0.25) is 5.91 Å². The minimum absolute atomic E-state index is 0.217. The molecule has 0 radical (unpaired) electrons. The van der Waals surface area contributed by atoms with Crippen molar-refractivity contribution in [1.29, 1.82) is 0 Å². The maximum absolute atomic E-state index is 11.4. The zero-order valence-corrected chi connectivity index (χ0v) is 13.7. The van der Waals surface area contributed by atoms with Crippen molar-refractivity contribution in [2.24, 2.45) is 0 Å². The number of carbonyl (C=O) groups excluding carboxylic acids is 1. The number of pyridine rings is 1. The van der Waals surface area contributed by atoms with Gasteiger partial charge in [-0.1, -0.05) is 6.07 Å². The van der Waals surface area contributed by atoms with Crippen LogP contribution in [0, 0.1) is 6.92 Å². The first kappa shape index (κ1) is 15.3. The number of likely N-dealkylation sites (tertiary alicyclic amines) is 1. The van der Waals surface area contributed by atoms with Gasteiger partial charge >= 0.3 is 0 Å². The third kappa shape index (κ3) is 3.24. The van der Waals surface area contributed by atoms with E-state index in [1.54, 1.807) is 6.92 Å². The molecule has 120 valence electrons. The molecule has 0 bridgehead atoms. The smallest absolute Gasteiger partial charge is 0.219 e. The van der Waals surface area contributed by atoms with Crippen LogP contribution in [-0.4, -0.2) is 66.0 Å². The Morgan fingerprint density at radius 2 is 1.82 bits per heavy atom. The molecule has 2 saturated heterocycles. The predicted octanol–water partition coefficient (Wildman–Crippen LogP) is 1.52. The lowest BCUT2D eigenvalue weighted by molar-refractivity contribution is -0.130. The molecule has 1 amide bonds. The molecule has 0 spiro atoms. The van der Waals surface area contributed by atoms with Gasteiger partial charge < -0.3 is 9.80 Å². The fourth-order valence-corrected chi connectivity index (χ4v) is 3.65. The molecule has 5 nitrogen and oxygen atoms in total. The van der Waals surface area contributed by atoms with E-state index in [9.17, 15) is 4.79 Å². The lowest BCUT2D eigenvalue weighted by Crippen LogP contribution is -2.53. The third-order valence-electron chi connectivity index (χ3n) is 5.02. The molecule has 0 N–H and O–H groups in total. The van der Waals surface area contributed by atoms with Crippen molar-refractivity contribution in [3.05, 3.63) is 23.9 Å². The second kappa shape index (κ2) is 6.65. The summed E-state index contributed by atoms with van der Waals surface area (Å²) >= 11 is 0. The SMILES string of the molecule is CC(=O)N1CCC(N2CCN(c3ncccc3C)CC2)CC1. The summed E-state index contributed by atoms with van der Waals surface area (Å²) in [4.78, 5) is 22.9. The Labute approximate surface area is 132 Å². The molecule has 2 aliphatic heterocycles. The van der Waals surface area contributed by atoms with Gasteiger partial charge in [0.15, 0.2) is 0 Å². The molecule has 0 aliphatic carbocycles. The molecular formula is C17H26N4O. The zero-order valence-electron chi connectivity index (χ0n) is 13.7. The monoisotopic (exact) mass is 302 g/mol. The highest BCUT2D eigenvalue weighted by molar-refractivity contribution is 5.73. The molecule has 5 heteroatoms. The maximum Gasteiger partial charge on any atom is 0.219 e. The minimum atomic E-state index is 0.217. The van der Waals surface area contributed by atoms with Crippen LogP contribution in [-0.2, 0) is 4.79 Å². The largest absolute Gasteiger partial charge is 0.354 e. The number of hydrogen-bond donors (Lipinski definition) is 0. The highest BCUT2D eigenvalue weighted by Crippen LogP contribution is 2.22. The number of piperidine rings is 1. The first-order chi connectivity index (χ1) is 10.6. The van der Waals surface area contributed by atoms with E-state index in [0.29, 0.717) is 6.04 Å². The molecule has 2 aliphatic rings. The van der Waals surface area contributed by atoms with Crippen LogP contribution in [0.5, 0.6) is 0 Å². The molecule has 22 heavy (non-hydrogen) atoms. The fourth-order valence-electron chi connectivity index (χ4n) is 3.65. The topological polar surface area (TPSA) is 39.7 Å². The van der Waals surface area contributed by atoms with Crippen molar-refractivity contribution in [2.45, 2.75) is 32.7 Å². The number of carbonyl (C=O) groups is 1. The highest BCUT2D eigenvalue weighted by Gasteiger charge is 2.28. The zero-order chi connectivity index (χ0) is 15.5. The fraction of sp³-hybridized carbons (Fsp3) is 0.647. The van der Waals surface area contributed by atoms with Gasteiger partial charge in [-0.05, 0) is 31.4 Å². The molecule has 3 rings (SSSR count). The van der Waals surface area contributed by atoms with Crippen LogP contribution in [0.15, 0.2) is 18.3 Å². The first-order valence-corrected chi connectivity index (χ1v) is 8.31. The number of nitrogens with zero attached hydrogens (tertiary/aromatic N) is 4. The summed E-state index contributed by atoms with van der Waals surface area (Å²) in [6.45, 7) is 9.93. The van der Waals surface area contributed by atoms with Gasteiger partial charge in [0.05, 0.1) is 0 Å². The van der Waals surface area contributed by atoms with E-state index >= 15 is 0 Å². The Kier molecular flexibility index (Phi) is 4.62. The standard InChI is InChI=1S/C17H26N4O/c1-14-4-3-7-18-17(14)21-12-10-20(11-13-21)16-5-8-19(9-6-16)15(2)22/h3-4,7,16H,5-6,8-13H2,1-2H3. The summed E-state index contributed by atoms with van der Waals surface area (Å²) in [5.74, 6) is 1.35. The quantitative estimate of drug-likeness (QED) is 0.830. The van der Waals surface area contributed by atoms with Crippen molar-refractivity contribution in [3.8, 4) is 0 Å². The van der Waals surface area contributed by atoms with Gasteiger partial charge in [0.1, 0.15) is 5.82 Å². The Bertz CT molecular complexity index is 517. The average molecular weight is 302 g/mol. The van der Waals surface area contributed by atoms with Crippen molar-refractivity contribution >= 4 is 11.7 Å². The molecule has 0 saturated carbocycles. The van der Waals surface area contributed by atoms with Gasteiger partial charge in [0, 0.05) is 58.4 Å². The molecule has 1 aromatic rings. The molecule has 1 aromatic heterocycles. The molecule has 2 fully saturated rings. The van der Waals surface area contributed by atoms with Crippen LogP contribution in [0.2, 0.25) is 0 Å². The van der Waals surface area contributed by atoms with Crippen molar-refractivity contribution in [2.75, 3.05) is 44.2 Å². The van der Waals surface area contributed by atoms with E-state index in [0.717, 1.165) is 57.9 Å².